The van der Waals surface area contributed by atoms with Crippen LogP contribution in [0, 0.1) is 12.8 Å². The highest BCUT2D eigenvalue weighted by Crippen LogP contribution is 2.23. The van der Waals surface area contributed by atoms with Gasteiger partial charge in [-0.25, -0.2) is 0 Å². The monoisotopic (exact) mass is 404 g/mol. The van der Waals surface area contributed by atoms with E-state index in [4.69, 9.17) is 0 Å². The minimum Gasteiger partial charge on any atom is -0.317 e. The fourth-order valence-electron chi connectivity index (χ4n) is 5.00. The third-order valence-electron chi connectivity index (χ3n) is 7.05. The van der Waals surface area contributed by atoms with Gasteiger partial charge in [-0.2, -0.15) is 0 Å². The molecule has 2 aliphatic heterocycles. The molecular formula is C27H36N2O. The van der Waals surface area contributed by atoms with Gasteiger partial charge in [0.25, 0.3) is 0 Å². The number of rotatable bonds is 7. The Morgan fingerprint density at radius 2 is 1.80 bits per heavy atom. The van der Waals surface area contributed by atoms with Gasteiger partial charge in [0.05, 0.1) is 0 Å². The normalized spacial score (nSPS) is 18.0. The molecule has 160 valence electrons. The van der Waals surface area contributed by atoms with Crippen molar-refractivity contribution in [3.8, 4) is 0 Å². The molecule has 0 radical (unpaired) electrons. The van der Waals surface area contributed by atoms with Crippen molar-refractivity contribution < 1.29 is 4.79 Å². The van der Waals surface area contributed by atoms with Gasteiger partial charge in [0.1, 0.15) is 0 Å². The van der Waals surface area contributed by atoms with Crippen LogP contribution >= 0.6 is 0 Å². The molecule has 1 saturated heterocycles. The van der Waals surface area contributed by atoms with Gasteiger partial charge in [0.15, 0.2) is 5.78 Å². The van der Waals surface area contributed by atoms with Crippen molar-refractivity contribution in [2.24, 2.45) is 5.92 Å². The van der Waals surface area contributed by atoms with Crippen molar-refractivity contribution in [3.63, 3.8) is 0 Å². The summed E-state index contributed by atoms with van der Waals surface area (Å²) in [6, 6.07) is 15.2. The Bertz CT molecular complexity index is 854. The number of nitrogens with one attached hydrogen (secondary N) is 1. The fourth-order valence-corrected chi connectivity index (χ4v) is 5.00. The highest BCUT2D eigenvalue weighted by atomic mass is 16.1. The second-order valence-electron chi connectivity index (χ2n) is 9.19. The standard InChI is InChI=1S/C27H36N2O/c1-21-5-2-3-7-26(21)20-29-17-13-23-9-10-25(19-24(23)14-18-29)27(30)8-4-6-22-11-15-28-16-12-22/h2-3,5,7,9-10,19,22,28H,4,6,8,11-18,20H2,1H3. The van der Waals surface area contributed by atoms with E-state index in [0.717, 1.165) is 63.5 Å². The van der Waals surface area contributed by atoms with Crippen molar-refractivity contribution in [1.82, 2.24) is 10.2 Å². The molecule has 1 N–H and O–H groups in total. The molecule has 0 amide bonds. The van der Waals surface area contributed by atoms with Crippen LogP contribution in [0.3, 0.4) is 0 Å². The molecule has 3 nitrogen and oxygen atoms in total. The van der Waals surface area contributed by atoms with E-state index in [9.17, 15) is 4.79 Å². The van der Waals surface area contributed by atoms with Crippen LogP contribution in [0.25, 0.3) is 0 Å². The Morgan fingerprint density at radius 3 is 2.60 bits per heavy atom. The Labute approximate surface area is 181 Å². The van der Waals surface area contributed by atoms with Gasteiger partial charge in [-0.1, -0.05) is 36.4 Å². The van der Waals surface area contributed by atoms with Crippen LogP contribution in [0.1, 0.15) is 64.7 Å². The summed E-state index contributed by atoms with van der Waals surface area (Å²) in [6.07, 6.45) is 7.58. The van der Waals surface area contributed by atoms with E-state index in [1.807, 2.05) is 0 Å². The Balaban J connectivity index is 1.31. The van der Waals surface area contributed by atoms with E-state index < -0.39 is 0 Å². The summed E-state index contributed by atoms with van der Waals surface area (Å²) >= 11 is 0. The van der Waals surface area contributed by atoms with Gasteiger partial charge in [0.2, 0.25) is 0 Å². The van der Waals surface area contributed by atoms with Crippen molar-refractivity contribution in [3.05, 3.63) is 70.3 Å². The first-order chi connectivity index (χ1) is 14.7. The Kier molecular flexibility index (Phi) is 7.35. The number of aryl methyl sites for hydroxylation is 1. The number of fused-ring (bicyclic) bond motifs is 1. The average Bonchev–Trinajstić information content (AvgIpc) is 2.98. The predicted molar refractivity (Wildman–Crippen MR) is 124 cm³/mol. The molecule has 0 unspecified atom stereocenters. The second kappa shape index (κ2) is 10.4. The van der Waals surface area contributed by atoms with Gasteiger partial charge in [-0.05, 0) is 92.8 Å². The Hall–Kier alpha value is -1.97. The van der Waals surface area contributed by atoms with E-state index in [1.54, 1.807) is 0 Å². The topological polar surface area (TPSA) is 32.3 Å². The maximum absolute atomic E-state index is 12.8. The highest BCUT2D eigenvalue weighted by molar-refractivity contribution is 5.96. The number of carbonyl (C=O) groups excluding carboxylic acids is 1. The van der Waals surface area contributed by atoms with Crippen LogP contribution in [-0.4, -0.2) is 36.9 Å². The summed E-state index contributed by atoms with van der Waals surface area (Å²) in [5.74, 6) is 1.14. The first-order valence-electron chi connectivity index (χ1n) is 11.8. The number of hydrogen-bond donors (Lipinski definition) is 1. The summed E-state index contributed by atoms with van der Waals surface area (Å²) < 4.78 is 0. The smallest absolute Gasteiger partial charge is 0.162 e. The zero-order valence-electron chi connectivity index (χ0n) is 18.5. The van der Waals surface area contributed by atoms with Gasteiger partial charge in [-0.3, -0.25) is 9.69 Å². The molecule has 2 aliphatic rings. The molecule has 0 spiro atoms. The van der Waals surface area contributed by atoms with Crippen LogP contribution < -0.4 is 5.32 Å². The molecular weight excluding hydrogens is 368 g/mol. The summed E-state index contributed by atoms with van der Waals surface area (Å²) in [6.45, 7) is 7.66. The van der Waals surface area contributed by atoms with Gasteiger partial charge >= 0.3 is 0 Å². The van der Waals surface area contributed by atoms with Crippen molar-refractivity contribution in [1.29, 1.82) is 0 Å². The van der Waals surface area contributed by atoms with Crippen LogP contribution in [0.2, 0.25) is 0 Å². The maximum atomic E-state index is 12.8. The quantitative estimate of drug-likeness (QED) is 0.663. The maximum Gasteiger partial charge on any atom is 0.162 e. The molecule has 30 heavy (non-hydrogen) atoms. The highest BCUT2D eigenvalue weighted by Gasteiger charge is 2.18. The van der Waals surface area contributed by atoms with E-state index >= 15 is 0 Å². The number of Topliss-reactive ketones (excluding diaryl/α,β-unsaturated/α-hetero) is 1. The molecule has 0 bridgehead atoms. The third kappa shape index (κ3) is 5.59. The minimum atomic E-state index is 0.327. The lowest BCUT2D eigenvalue weighted by Crippen LogP contribution is -2.27. The van der Waals surface area contributed by atoms with Crippen molar-refractivity contribution in [2.45, 2.75) is 58.4 Å². The van der Waals surface area contributed by atoms with Gasteiger partial charge in [-0.15, -0.1) is 0 Å². The molecule has 2 heterocycles. The van der Waals surface area contributed by atoms with E-state index in [1.165, 1.54) is 41.5 Å². The van der Waals surface area contributed by atoms with Crippen LogP contribution in [-0.2, 0) is 19.4 Å². The number of benzene rings is 2. The summed E-state index contributed by atoms with van der Waals surface area (Å²) in [5.41, 5.74) is 6.52. The largest absolute Gasteiger partial charge is 0.317 e. The lowest BCUT2D eigenvalue weighted by Gasteiger charge is -2.22. The van der Waals surface area contributed by atoms with E-state index in [2.05, 4.69) is 59.6 Å². The lowest BCUT2D eigenvalue weighted by atomic mass is 9.91. The number of ketones is 1. The molecule has 0 atom stereocenters. The zero-order chi connectivity index (χ0) is 20.8. The van der Waals surface area contributed by atoms with Crippen LogP contribution in [0.5, 0.6) is 0 Å². The first-order valence-corrected chi connectivity index (χ1v) is 11.8. The molecule has 0 aliphatic carbocycles. The number of carbonyl (C=O) groups is 1. The SMILES string of the molecule is Cc1ccccc1CN1CCc2ccc(C(=O)CCCC3CCNCC3)cc2CC1. The summed E-state index contributed by atoms with van der Waals surface area (Å²) in [7, 11) is 0. The molecule has 3 heteroatoms. The summed E-state index contributed by atoms with van der Waals surface area (Å²) in [5, 5.41) is 3.42. The predicted octanol–water partition coefficient (Wildman–Crippen LogP) is 4.95. The van der Waals surface area contributed by atoms with Crippen LogP contribution in [0.4, 0.5) is 0 Å². The Morgan fingerprint density at radius 1 is 1.03 bits per heavy atom. The fraction of sp³-hybridized carbons (Fsp3) is 0.519. The molecule has 2 aromatic carbocycles. The number of piperidine rings is 1. The third-order valence-corrected chi connectivity index (χ3v) is 7.05. The van der Waals surface area contributed by atoms with Crippen molar-refractivity contribution >= 4 is 5.78 Å². The average molecular weight is 405 g/mol. The molecule has 0 saturated carbocycles. The lowest BCUT2D eigenvalue weighted by molar-refractivity contribution is 0.0977. The summed E-state index contributed by atoms with van der Waals surface area (Å²) in [4.78, 5) is 15.3. The zero-order valence-corrected chi connectivity index (χ0v) is 18.5. The first kappa shape index (κ1) is 21.3. The molecule has 1 fully saturated rings. The molecule has 0 aromatic heterocycles. The molecule has 4 rings (SSSR count). The molecule has 2 aromatic rings. The van der Waals surface area contributed by atoms with Crippen LogP contribution in [0.15, 0.2) is 42.5 Å². The second-order valence-corrected chi connectivity index (χ2v) is 9.19. The van der Waals surface area contributed by atoms with E-state index in [-0.39, 0.29) is 0 Å². The number of hydrogen-bond acceptors (Lipinski definition) is 3. The van der Waals surface area contributed by atoms with E-state index in [0.29, 0.717) is 12.2 Å². The van der Waals surface area contributed by atoms with Crippen molar-refractivity contribution in [2.75, 3.05) is 26.2 Å². The number of nitrogens with zero attached hydrogens (tertiary/aromatic N) is 1. The van der Waals surface area contributed by atoms with Gasteiger partial charge < -0.3 is 5.32 Å². The van der Waals surface area contributed by atoms with Gasteiger partial charge in [0, 0.05) is 31.6 Å². The minimum absolute atomic E-state index is 0.327.